The lowest BCUT2D eigenvalue weighted by Crippen LogP contribution is -2.22. The maximum atomic E-state index is 12.3. The summed E-state index contributed by atoms with van der Waals surface area (Å²) in [6.07, 6.45) is -2.23. The van der Waals surface area contributed by atoms with Crippen LogP contribution in [0.1, 0.15) is 18.4 Å². The molecule has 1 fully saturated rings. The monoisotopic (exact) mass is 245 g/mol. The first kappa shape index (κ1) is 12.2. The van der Waals surface area contributed by atoms with Gasteiger partial charge in [-0.2, -0.15) is 13.2 Å². The molecule has 0 saturated heterocycles. The molecule has 0 radical (unpaired) electrons. The van der Waals surface area contributed by atoms with Crippen LogP contribution in [0.4, 0.5) is 13.2 Å². The van der Waals surface area contributed by atoms with E-state index >= 15 is 0 Å². The summed E-state index contributed by atoms with van der Waals surface area (Å²) in [5.74, 6) is 0.456. The summed E-state index contributed by atoms with van der Waals surface area (Å²) in [6.45, 7) is 1.04. The van der Waals surface area contributed by atoms with Crippen LogP contribution in [0.3, 0.4) is 0 Å². The van der Waals surface area contributed by atoms with E-state index in [1.54, 1.807) is 0 Å². The van der Waals surface area contributed by atoms with Gasteiger partial charge in [0.25, 0.3) is 0 Å². The smallest absolute Gasteiger partial charge is 0.416 e. The third kappa shape index (κ3) is 2.91. The Labute approximate surface area is 97.6 Å². The van der Waals surface area contributed by atoms with Crippen LogP contribution in [0.2, 0.25) is 0 Å². The average molecular weight is 245 g/mol. The molecular formula is C12H14F3NO. The van der Waals surface area contributed by atoms with Crippen molar-refractivity contribution in [2.75, 3.05) is 13.2 Å². The molecule has 2 rings (SSSR count). The molecule has 0 heterocycles. The molecule has 1 aromatic rings. The highest BCUT2D eigenvalue weighted by Gasteiger charge is 2.42. The zero-order chi connectivity index (χ0) is 12.5. The van der Waals surface area contributed by atoms with Gasteiger partial charge in [-0.25, -0.2) is 0 Å². The predicted octanol–water partition coefficient (Wildman–Crippen LogP) is 2.82. The second-order valence-corrected chi connectivity index (χ2v) is 4.51. The van der Waals surface area contributed by atoms with Gasteiger partial charge in [-0.05, 0) is 37.1 Å². The number of alkyl halides is 3. The van der Waals surface area contributed by atoms with Crippen LogP contribution in [0.15, 0.2) is 24.3 Å². The number of benzene rings is 1. The fourth-order valence-corrected chi connectivity index (χ4v) is 1.56. The van der Waals surface area contributed by atoms with Gasteiger partial charge < -0.3 is 10.5 Å². The summed E-state index contributed by atoms with van der Waals surface area (Å²) >= 11 is 0. The van der Waals surface area contributed by atoms with Crippen LogP contribution in [0.5, 0.6) is 5.75 Å². The number of hydrogen-bond donors (Lipinski definition) is 1. The number of nitrogens with two attached hydrogens (primary N) is 1. The van der Waals surface area contributed by atoms with E-state index in [1.165, 1.54) is 12.1 Å². The van der Waals surface area contributed by atoms with Gasteiger partial charge in [0.05, 0.1) is 12.2 Å². The van der Waals surface area contributed by atoms with Crippen LogP contribution < -0.4 is 10.5 Å². The largest absolute Gasteiger partial charge is 0.493 e. The first-order valence-corrected chi connectivity index (χ1v) is 5.45. The quantitative estimate of drug-likeness (QED) is 0.885. The highest BCUT2D eigenvalue weighted by atomic mass is 19.4. The predicted molar refractivity (Wildman–Crippen MR) is 57.7 cm³/mol. The van der Waals surface area contributed by atoms with Crippen molar-refractivity contribution in [3.05, 3.63) is 29.8 Å². The van der Waals surface area contributed by atoms with Gasteiger partial charge in [0.1, 0.15) is 5.75 Å². The second kappa shape index (κ2) is 4.22. The Morgan fingerprint density at radius 3 is 2.18 bits per heavy atom. The molecule has 2 N–H and O–H groups in total. The number of hydrogen-bond acceptors (Lipinski definition) is 2. The molecule has 1 aliphatic carbocycles. The summed E-state index contributed by atoms with van der Waals surface area (Å²) in [5, 5.41) is 0. The summed E-state index contributed by atoms with van der Waals surface area (Å²) in [6, 6.07) is 4.74. The van der Waals surface area contributed by atoms with Crippen molar-refractivity contribution in [3.63, 3.8) is 0 Å². The van der Waals surface area contributed by atoms with Crippen molar-refractivity contribution in [3.8, 4) is 5.75 Å². The molecule has 0 aromatic heterocycles. The first-order valence-electron chi connectivity index (χ1n) is 5.45. The minimum atomic E-state index is -4.30. The van der Waals surface area contributed by atoms with Crippen LogP contribution in [0, 0.1) is 5.41 Å². The molecule has 0 spiro atoms. The maximum Gasteiger partial charge on any atom is 0.416 e. The van der Waals surface area contributed by atoms with E-state index < -0.39 is 11.7 Å². The molecule has 0 unspecified atom stereocenters. The van der Waals surface area contributed by atoms with Crippen molar-refractivity contribution in [2.24, 2.45) is 11.1 Å². The van der Waals surface area contributed by atoms with Crippen LogP contribution >= 0.6 is 0 Å². The molecule has 1 aromatic carbocycles. The Bertz CT molecular complexity index is 382. The van der Waals surface area contributed by atoms with Gasteiger partial charge in [-0.15, -0.1) is 0 Å². The minimum absolute atomic E-state index is 0.0582. The maximum absolute atomic E-state index is 12.3. The molecule has 5 heteroatoms. The zero-order valence-electron chi connectivity index (χ0n) is 9.26. The van der Waals surface area contributed by atoms with Gasteiger partial charge >= 0.3 is 6.18 Å². The fraction of sp³-hybridized carbons (Fsp3) is 0.500. The second-order valence-electron chi connectivity index (χ2n) is 4.51. The van der Waals surface area contributed by atoms with Gasteiger partial charge in [0, 0.05) is 12.0 Å². The van der Waals surface area contributed by atoms with E-state index in [1.807, 2.05) is 0 Å². The summed E-state index contributed by atoms with van der Waals surface area (Å²) in [4.78, 5) is 0. The average Bonchev–Trinajstić information content (AvgIpc) is 3.06. The summed E-state index contributed by atoms with van der Waals surface area (Å²) < 4.78 is 42.4. The third-order valence-corrected chi connectivity index (χ3v) is 3.12. The van der Waals surface area contributed by atoms with Gasteiger partial charge in [0.15, 0.2) is 0 Å². The fourth-order valence-electron chi connectivity index (χ4n) is 1.56. The molecule has 0 aliphatic heterocycles. The Balaban J connectivity index is 1.94. The SMILES string of the molecule is NCC1(COc2ccc(C(F)(F)F)cc2)CC1. The number of halogens is 3. The summed E-state index contributed by atoms with van der Waals surface area (Å²) in [5.41, 5.74) is 4.98. The molecule has 1 aliphatic rings. The van der Waals surface area contributed by atoms with Crippen LogP contribution in [-0.2, 0) is 6.18 Å². The minimum Gasteiger partial charge on any atom is -0.493 e. The lowest BCUT2D eigenvalue weighted by Gasteiger charge is -2.14. The highest BCUT2D eigenvalue weighted by molar-refractivity contribution is 5.29. The molecule has 94 valence electrons. The number of ether oxygens (including phenoxy) is 1. The Kier molecular flexibility index (Phi) is 3.03. The summed E-state index contributed by atoms with van der Waals surface area (Å²) in [7, 11) is 0. The Hall–Kier alpha value is -1.23. The Morgan fingerprint density at radius 1 is 1.18 bits per heavy atom. The zero-order valence-corrected chi connectivity index (χ0v) is 9.26. The lowest BCUT2D eigenvalue weighted by molar-refractivity contribution is -0.137. The van der Waals surface area contributed by atoms with Crippen molar-refractivity contribution in [1.82, 2.24) is 0 Å². The van der Waals surface area contributed by atoms with Gasteiger partial charge in [-0.1, -0.05) is 0 Å². The molecule has 0 bridgehead atoms. The van der Waals surface area contributed by atoms with E-state index in [0.29, 0.717) is 18.9 Å². The van der Waals surface area contributed by atoms with Gasteiger partial charge in [-0.3, -0.25) is 0 Å². The van der Waals surface area contributed by atoms with E-state index in [-0.39, 0.29) is 5.41 Å². The molecule has 1 saturated carbocycles. The first-order chi connectivity index (χ1) is 7.95. The van der Waals surface area contributed by atoms with E-state index in [0.717, 1.165) is 25.0 Å². The highest BCUT2D eigenvalue weighted by Crippen LogP contribution is 2.44. The lowest BCUT2D eigenvalue weighted by atomic mass is 10.1. The molecular weight excluding hydrogens is 231 g/mol. The molecule has 2 nitrogen and oxygen atoms in total. The topological polar surface area (TPSA) is 35.2 Å². The van der Waals surface area contributed by atoms with Gasteiger partial charge in [0.2, 0.25) is 0 Å². The molecule has 17 heavy (non-hydrogen) atoms. The van der Waals surface area contributed by atoms with Crippen molar-refractivity contribution in [2.45, 2.75) is 19.0 Å². The third-order valence-electron chi connectivity index (χ3n) is 3.12. The van der Waals surface area contributed by atoms with Crippen molar-refractivity contribution < 1.29 is 17.9 Å². The Morgan fingerprint density at radius 2 is 1.76 bits per heavy atom. The van der Waals surface area contributed by atoms with Crippen molar-refractivity contribution in [1.29, 1.82) is 0 Å². The van der Waals surface area contributed by atoms with Crippen molar-refractivity contribution >= 4 is 0 Å². The van der Waals surface area contributed by atoms with E-state index in [2.05, 4.69) is 0 Å². The normalized spacial score (nSPS) is 17.9. The van der Waals surface area contributed by atoms with E-state index in [9.17, 15) is 13.2 Å². The van der Waals surface area contributed by atoms with E-state index in [4.69, 9.17) is 10.5 Å². The molecule has 0 atom stereocenters. The van der Waals surface area contributed by atoms with Crippen LogP contribution in [0.25, 0.3) is 0 Å². The molecule has 0 amide bonds. The number of rotatable bonds is 4. The standard InChI is InChI=1S/C12H14F3NO/c13-12(14,15)9-1-3-10(4-2-9)17-8-11(7-16)5-6-11/h1-4H,5-8,16H2. The van der Waals surface area contributed by atoms with Crippen LogP contribution in [-0.4, -0.2) is 13.2 Å².